The van der Waals surface area contributed by atoms with Gasteiger partial charge in [0.2, 0.25) is 5.95 Å². The Hall–Kier alpha value is -3.63. The van der Waals surface area contributed by atoms with Gasteiger partial charge in [0.05, 0.1) is 17.1 Å². The van der Waals surface area contributed by atoms with E-state index in [4.69, 9.17) is 21.4 Å². The van der Waals surface area contributed by atoms with E-state index in [9.17, 15) is 14.3 Å². The van der Waals surface area contributed by atoms with Gasteiger partial charge in [-0.15, -0.1) is 5.10 Å². The lowest BCUT2D eigenvalue weighted by Gasteiger charge is -2.28. The van der Waals surface area contributed by atoms with Gasteiger partial charge in [-0.3, -0.25) is 4.79 Å². The van der Waals surface area contributed by atoms with Gasteiger partial charge in [-0.2, -0.15) is 4.98 Å². The second kappa shape index (κ2) is 8.96. The number of anilines is 1. The van der Waals surface area contributed by atoms with Gasteiger partial charge >= 0.3 is 0 Å². The number of pyridine rings is 1. The summed E-state index contributed by atoms with van der Waals surface area (Å²) in [5.74, 6) is -2.89. The summed E-state index contributed by atoms with van der Waals surface area (Å²) in [4.78, 5) is 16.8. The SMILES string of the molecule is [2H]C([2H])([2H])C(O)(c1ccc(F)cc1)C(F)CNC(=O)c1c(Cl)ccc(-c2ccn3nc(N)nc3c2)c1F. The van der Waals surface area contributed by atoms with Crippen LogP contribution in [0.1, 0.15) is 26.9 Å². The van der Waals surface area contributed by atoms with Crippen LogP contribution in [0.5, 0.6) is 0 Å². The van der Waals surface area contributed by atoms with E-state index in [2.05, 4.69) is 15.4 Å². The summed E-state index contributed by atoms with van der Waals surface area (Å²) >= 11 is 6.06. The average molecular weight is 493 g/mol. The second-order valence-electron chi connectivity index (χ2n) is 7.42. The quantitative estimate of drug-likeness (QED) is 0.379. The van der Waals surface area contributed by atoms with Crippen LogP contribution in [0.4, 0.5) is 19.1 Å². The lowest BCUT2D eigenvalue weighted by Crippen LogP contribution is -2.42. The smallest absolute Gasteiger partial charge is 0.255 e. The highest BCUT2D eigenvalue weighted by atomic mass is 35.5. The molecule has 2 unspecified atom stereocenters. The van der Waals surface area contributed by atoms with Crippen molar-refractivity contribution in [2.45, 2.75) is 18.6 Å². The molecular weight excluding hydrogens is 471 g/mol. The maximum absolute atomic E-state index is 15.4. The molecule has 0 bridgehead atoms. The Morgan fingerprint density at radius 3 is 2.74 bits per heavy atom. The van der Waals surface area contributed by atoms with Gasteiger partial charge in [0.1, 0.15) is 23.4 Å². The molecule has 176 valence electrons. The number of hydrogen-bond donors (Lipinski definition) is 3. The van der Waals surface area contributed by atoms with Crippen molar-refractivity contribution in [3.05, 3.63) is 82.5 Å². The van der Waals surface area contributed by atoms with Gasteiger partial charge in [0, 0.05) is 15.9 Å². The molecule has 0 aliphatic carbocycles. The van der Waals surface area contributed by atoms with Gasteiger partial charge in [-0.1, -0.05) is 23.7 Å². The zero-order chi connectivity index (χ0) is 27.1. The molecule has 11 heteroatoms. The van der Waals surface area contributed by atoms with Crippen LogP contribution in [0.2, 0.25) is 5.02 Å². The normalized spacial score (nSPS) is 15.7. The molecule has 4 aromatic rings. The maximum Gasteiger partial charge on any atom is 0.255 e. The zero-order valence-electron chi connectivity index (χ0n) is 20.3. The van der Waals surface area contributed by atoms with Crippen molar-refractivity contribution in [3.8, 4) is 11.1 Å². The Labute approximate surface area is 201 Å². The van der Waals surface area contributed by atoms with E-state index in [0.717, 1.165) is 24.3 Å². The van der Waals surface area contributed by atoms with E-state index in [0.29, 0.717) is 11.2 Å². The molecule has 0 radical (unpaired) electrons. The summed E-state index contributed by atoms with van der Waals surface area (Å²) in [7, 11) is 0. The molecule has 2 aromatic heterocycles. The van der Waals surface area contributed by atoms with Gasteiger partial charge in [0.15, 0.2) is 5.65 Å². The molecule has 4 N–H and O–H groups in total. The highest BCUT2D eigenvalue weighted by molar-refractivity contribution is 6.34. The van der Waals surface area contributed by atoms with Gasteiger partial charge < -0.3 is 16.2 Å². The third-order valence-corrected chi connectivity index (χ3v) is 5.48. The molecule has 0 aliphatic rings. The van der Waals surface area contributed by atoms with E-state index in [-0.39, 0.29) is 16.5 Å². The lowest BCUT2D eigenvalue weighted by atomic mass is 9.91. The number of nitrogens with zero attached hydrogens (tertiary/aromatic N) is 3. The second-order valence-corrected chi connectivity index (χ2v) is 7.83. The molecule has 4 rings (SSSR count). The summed E-state index contributed by atoms with van der Waals surface area (Å²) in [5, 5.41) is 16.5. The number of carbonyl (C=O) groups excluding carboxylic acids is 1. The molecule has 0 saturated heterocycles. The lowest BCUT2D eigenvalue weighted by molar-refractivity contribution is -0.0229. The number of fused-ring (bicyclic) bond motifs is 1. The minimum atomic E-state index is -3.29. The Bertz CT molecular complexity index is 1480. The van der Waals surface area contributed by atoms with Crippen LogP contribution >= 0.6 is 11.6 Å². The number of nitrogen functional groups attached to an aromatic ring is 1. The predicted molar refractivity (Wildman–Crippen MR) is 121 cm³/mol. The van der Waals surface area contributed by atoms with Crippen molar-refractivity contribution in [2.75, 3.05) is 12.3 Å². The van der Waals surface area contributed by atoms with E-state index < -0.39 is 53.8 Å². The van der Waals surface area contributed by atoms with Crippen molar-refractivity contribution < 1.29 is 27.2 Å². The highest BCUT2D eigenvalue weighted by Crippen LogP contribution is 2.31. The van der Waals surface area contributed by atoms with Crippen LogP contribution < -0.4 is 11.1 Å². The Morgan fingerprint density at radius 2 is 2.03 bits per heavy atom. The molecule has 34 heavy (non-hydrogen) atoms. The van der Waals surface area contributed by atoms with Crippen LogP contribution in [0.3, 0.4) is 0 Å². The monoisotopic (exact) mass is 492 g/mol. The largest absolute Gasteiger partial charge is 0.382 e. The number of amides is 1. The molecule has 2 heterocycles. The van der Waals surface area contributed by atoms with Crippen LogP contribution in [-0.4, -0.2) is 38.3 Å². The third kappa shape index (κ3) is 4.42. The molecular formula is C23H19ClF3N5O2. The van der Waals surface area contributed by atoms with E-state index >= 15 is 8.78 Å². The van der Waals surface area contributed by atoms with Crippen LogP contribution in [0.25, 0.3) is 16.8 Å². The first-order chi connectivity index (χ1) is 17.3. The fourth-order valence-corrected chi connectivity index (χ4v) is 3.58. The van der Waals surface area contributed by atoms with Gasteiger partial charge in [-0.25, -0.2) is 17.7 Å². The van der Waals surface area contributed by atoms with Gasteiger partial charge in [-0.05, 0) is 54.4 Å². The molecule has 2 aromatic carbocycles. The van der Waals surface area contributed by atoms with E-state index in [1.165, 1.54) is 35.0 Å². The number of alkyl halides is 1. The minimum absolute atomic E-state index is 0.00669. The first-order valence-corrected chi connectivity index (χ1v) is 10.2. The molecule has 0 spiro atoms. The number of carbonyl (C=O) groups is 1. The van der Waals surface area contributed by atoms with Crippen molar-refractivity contribution in [3.63, 3.8) is 0 Å². The number of aliphatic hydroxyl groups is 1. The van der Waals surface area contributed by atoms with E-state index in [1.807, 2.05) is 0 Å². The fraction of sp³-hybridized carbons (Fsp3) is 0.174. The third-order valence-electron chi connectivity index (χ3n) is 5.16. The number of halogens is 4. The van der Waals surface area contributed by atoms with Crippen LogP contribution in [-0.2, 0) is 5.60 Å². The highest BCUT2D eigenvalue weighted by Gasteiger charge is 2.34. The number of benzene rings is 2. The van der Waals surface area contributed by atoms with Crippen molar-refractivity contribution in [1.82, 2.24) is 19.9 Å². The first-order valence-electron chi connectivity index (χ1n) is 11.3. The number of hydrogen-bond acceptors (Lipinski definition) is 5. The Kier molecular flexibility index (Phi) is 5.22. The molecule has 0 aliphatic heterocycles. The summed E-state index contributed by atoms with van der Waals surface area (Å²) in [6.07, 6.45) is -1.10. The zero-order valence-corrected chi connectivity index (χ0v) is 18.0. The summed E-state index contributed by atoms with van der Waals surface area (Å²) < 4.78 is 68.3. The first kappa shape index (κ1) is 19.8. The minimum Gasteiger partial charge on any atom is -0.382 e. The molecule has 0 saturated carbocycles. The predicted octanol–water partition coefficient (Wildman–Crippen LogP) is 3.89. The number of rotatable bonds is 6. The molecule has 1 amide bonds. The summed E-state index contributed by atoms with van der Waals surface area (Å²) in [5.41, 5.74) is 2.04. The summed E-state index contributed by atoms with van der Waals surface area (Å²) in [6, 6.07) is 9.17. The number of aromatic nitrogens is 3. The van der Waals surface area contributed by atoms with E-state index in [1.54, 1.807) is 0 Å². The Morgan fingerprint density at radius 1 is 1.29 bits per heavy atom. The van der Waals surface area contributed by atoms with Crippen molar-refractivity contribution in [1.29, 1.82) is 0 Å². The van der Waals surface area contributed by atoms with Crippen molar-refractivity contribution >= 4 is 29.1 Å². The van der Waals surface area contributed by atoms with Crippen LogP contribution in [0.15, 0.2) is 54.7 Å². The number of nitrogens with one attached hydrogen (secondary N) is 1. The van der Waals surface area contributed by atoms with Crippen LogP contribution in [0, 0.1) is 11.6 Å². The molecule has 2 atom stereocenters. The topological polar surface area (TPSA) is 106 Å². The molecule has 0 fully saturated rings. The maximum atomic E-state index is 15.4. The summed E-state index contributed by atoms with van der Waals surface area (Å²) in [6.45, 7) is -4.31. The van der Waals surface area contributed by atoms with Crippen molar-refractivity contribution in [2.24, 2.45) is 0 Å². The standard InChI is InChI=1S/C23H19ClF3N5O2/c1-23(34,13-2-4-14(25)5-3-13)17(26)11-29-21(33)19-16(24)7-6-15(20(19)27)12-8-9-32-18(10-12)30-22(28)31-32/h2-10,17,34H,11H2,1H3,(H2,28,31)(H,29,33)/i1D3. The Balaban J connectivity index is 1.61. The number of nitrogens with two attached hydrogens (primary N) is 1. The van der Waals surface area contributed by atoms with Gasteiger partial charge in [0.25, 0.3) is 5.91 Å². The molecule has 7 nitrogen and oxygen atoms in total. The fourth-order valence-electron chi connectivity index (χ4n) is 3.35. The average Bonchev–Trinajstić information content (AvgIpc) is 3.21.